The van der Waals surface area contributed by atoms with Gasteiger partial charge in [-0.15, -0.1) is 6.58 Å². The van der Waals surface area contributed by atoms with E-state index in [1.165, 1.54) is 45.2 Å². The molecular formula is C11H19N. The highest BCUT2D eigenvalue weighted by atomic mass is 15.2. The molecule has 1 heteroatoms. The van der Waals surface area contributed by atoms with Crippen LogP contribution in [0, 0.1) is 5.92 Å². The highest BCUT2D eigenvalue weighted by Gasteiger charge is 2.28. The highest BCUT2D eigenvalue weighted by molar-refractivity contribution is 4.92. The first-order valence-electron chi connectivity index (χ1n) is 5.27. The van der Waals surface area contributed by atoms with E-state index in [9.17, 15) is 0 Å². The Bertz CT molecular complexity index is 160. The second kappa shape index (κ2) is 3.61. The molecule has 0 radical (unpaired) electrons. The summed E-state index contributed by atoms with van der Waals surface area (Å²) in [6, 6.07) is 0.694. The summed E-state index contributed by atoms with van der Waals surface area (Å²) >= 11 is 0. The van der Waals surface area contributed by atoms with Crippen molar-refractivity contribution in [3.8, 4) is 0 Å². The molecule has 1 saturated carbocycles. The van der Waals surface area contributed by atoms with E-state index in [0.29, 0.717) is 6.04 Å². The SMILES string of the molecule is C=CC1CCCCN1CC1CC1. The van der Waals surface area contributed by atoms with Gasteiger partial charge in [-0.25, -0.2) is 0 Å². The molecule has 1 nitrogen and oxygen atoms in total. The molecule has 1 heterocycles. The molecule has 2 fully saturated rings. The molecule has 1 unspecified atom stereocenters. The fourth-order valence-corrected chi connectivity index (χ4v) is 2.14. The van der Waals surface area contributed by atoms with Crippen molar-refractivity contribution >= 4 is 0 Å². The smallest absolute Gasteiger partial charge is 0.0275 e. The zero-order valence-corrected chi connectivity index (χ0v) is 7.84. The molecule has 2 rings (SSSR count). The van der Waals surface area contributed by atoms with Crippen LogP contribution in [0.1, 0.15) is 32.1 Å². The van der Waals surface area contributed by atoms with Crippen LogP contribution in [0.3, 0.4) is 0 Å². The Morgan fingerprint density at radius 3 is 2.75 bits per heavy atom. The van der Waals surface area contributed by atoms with Crippen molar-refractivity contribution in [2.24, 2.45) is 5.92 Å². The van der Waals surface area contributed by atoms with Crippen LogP contribution < -0.4 is 0 Å². The molecule has 0 aromatic rings. The third kappa shape index (κ3) is 1.89. The Morgan fingerprint density at radius 1 is 1.25 bits per heavy atom. The van der Waals surface area contributed by atoms with E-state index in [4.69, 9.17) is 0 Å². The van der Waals surface area contributed by atoms with Gasteiger partial charge >= 0.3 is 0 Å². The minimum absolute atomic E-state index is 0.694. The summed E-state index contributed by atoms with van der Waals surface area (Å²) < 4.78 is 0. The first-order chi connectivity index (χ1) is 5.90. The van der Waals surface area contributed by atoms with E-state index in [-0.39, 0.29) is 0 Å². The summed E-state index contributed by atoms with van der Waals surface area (Å²) in [5, 5.41) is 0. The lowest BCUT2D eigenvalue weighted by atomic mass is 10.0. The van der Waals surface area contributed by atoms with Gasteiger partial charge in [0.05, 0.1) is 0 Å². The molecule has 1 atom stereocenters. The van der Waals surface area contributed by atoms with Crippen molar-refractivity contribution < 1.29 is 0 Å². The van der Waals surface area contributed by atoms with Crippen molar-refractivity contribution in [3.63, 3.8) is 0 Å². The van der Waals surface area contributed by atoms with Crippen LogP contribution in [0.4, 0.5) is 0 Å². The Kier molecular flexibility index (Phi) is 2.50. The van der Waals surface area contributed by atoms with E-state index in [1.807, 2.05) is 0 Å². The molecule has 0 spiro atoms. The normalized spacial score (nSPS) is 31.8. The molecule has 0 amide bonds. The molecule has 0 N–H and O–H groups in total. The van der Waals surface area contributed by atoms with Gasteiger partial charge in [0, 0.05) is 12.6 Å². The Morgan fingerprint density at radius 2 is 2.08 bits per heavy atom. The molecule has 68 valence electrons. The van der Waals surface area contributed by atoms with Gasteiger partial charge in [-0.2, -0.15) is 0 Å². The monoisotopic (exact) mass is 165 g/mol. The lowest BCUT2D eigenvalue weighted by molar-refractivity contribution is 0.173. The van der Waals surface area contributed by atoms with E-state index in [1.54, 1.807) is 0 Å². The zero-order valence-electron chi connectivity index (χ0n) is 7.84. The molecular weight excluding hydrogens is 146 g/mol. The number of nitrogens with zero attached hydrogens (tertiary/aromatic N) is 1. The molecule has 0 aromatic carbocycles. The lowest BCUT2D eigenvalue weighted by Gasteiger charge is -2.33. The van der Waals surface area contributed by atoms with Gasteiger partial charge in [-0.3, -0.25) is 4.90 Å². The summed E-state index contributed by atoms with van der Waals surface area (Å²) in [5.41, 5.74) is 0. The fraction of sp³-hybridized carbons (Fsp3) is 0.818. The Labute approximate surface area is 75.4 Å². The predicted molar refractivity (Wildman–Crippen MR) is 52.1 cm³/mol. The number of hydrogen-bond acceptors (Lipinski definition) is 1. The summed E-state index contributed by atoms with van der Waals surface area (Å²) in [4.78, 5) is 2.63. The van der Waals surface area contributed by atoms with Gasteiger partial charge in [0.25, 0.3) is 0 Å². The molecule has 1 aliphatic heterocycles. The maximum Gasteiger partial charge on any atom is 0.0275 e. The second-order valence-corrected chi connectivity index (χ2v) is 4.24. The lowest BCUT2D eigenvalue weighted by Crippen LogP contribution is -2.39. The van der Waals surface area contributed by atoms with E-state index in [2.05, 4.69) is 17.6 Å². The van der Waals surface area contributed by atoms with E-state index >= 15 is 0 Å². The average molecular weight is 165 g/mol. The maximum atomic E-state index is 3.92. The summed E-state index contributed by atoms with van der Waals surface area (Å²) in [5.74, 6) is 1.03. The predicted octanol–water partition coefficient (Wildman–Crippen LogP) is 2.44. The fourth-order valence-electron chi connectivity index (χ4n) is 2.14. The van der Waals surface area contributed by atoms with Crippen LogP contribution in [-0.2, 0) is 0 Å². The number of rotatable bonds is 3. The molecule has 12 heavy (non-hydrogen) atoms. The highest BCUT2D eigenvalue weighted by Crippen LogP contribution is 2.31. The van der Waals surface area contributed by atoms with Crippen LogP contribution in [0.2, 0.25) is 0 Å². The van der Waals surface area contributed by atoms with E-state index < -0.39 is 0 Å². The van der Waals surface area contributed by atoms with Gasteiger partial charge in [0.1, 0.15) is 0 Å². The number of hydrogen-bond donors (Lipinski definition) is 0. The third-order valence-corrected chi connectivity index (χ3v) is 3.13. The molecule has 1 aliphatic carbocycles. The maximum absolute atomic E-state index is 3.92. The first-order valence-corrected chi connectivity index (χ1v) is 5.27. The summed E-state index contributed by atoms with van der Waals surface area (Å²) in [7, 11) is 0. The van der Waals surface area contributed by atoms with Crippen LogP contribution in [0.25, 0.3) is 0 Å². The topological polar surface area (TPSA) is 3.24 Å². The Balaban J connectivity index is 1.85. The standard InChI is InChI=1S/C11H19N/c1-2-11-5-3-4-8-12(11)9-10-6-7-10/h2,10-11H,1,3-9H2. The molecule has 2 aliphatic rings. The number of likely N-dealkylation sites (tertiary alicyclic amines) is 1. The van der Waals surface area contributed by atoms with Crippen molar-refractivity contribution in [2.75, 3.05) is 13.1 Å². The largest absolute Gasteiger partial charge is 0.297 e. The van der Waals surface area contributed by atoms with Crippen molar-refractivity contribution in [1.82, 2.24) is 4.90 Å². The first kappa shape index (κ1) is 8.31. The summed E-state index contributed by atoms with van der Waals surface area (Å²) in [6.07, 6.45) is 9.23. The van der Waals surface area contributed by atoms with Gasteiger partial charge in [-0.1, -0.05) is 12.5 Å². The van der Waals surface area contributed by atoms with Crippen LogP contribution in [0.5, 0.6) is 0 Å². The van der Waals surface area contributed by atoms with E-state index in [0.717, 1.165) is 5.92 Å². The van der Waals surface area contributed by atoms with Gasteiger partial charge in [-0.05, 0) is 38.1 Å². The van der Waals surface area contributed by atoms with Crippen LogP contribution >= 0.6 is 0 Å². The zero-order chi connectivity index (χ0) is 8.39. The van der Waals surface area contributed by atoms with Crippen molar-refractivity contribution in [2.45, 2.75) is 38.1 Å². The second-order valence-electron chi connectivity index (χ2n) is 4.24. The van der Waals surface area contributed by atoms with Crippen molar-refractivity contribution in [3.05, 3.63) is 12.7 Å². The summed E-state index contributed by atoms with van der Waals surface area (Å²) in [6.45, 7) is 6.58. The van der Waals surface area contributed by atoms with Crippen LogP contribution in [-0.4, -0.2) is 24.0 Å². The minimum atomic E-state index is 0.694. The third-order valence-electron chi connectivity index (χ3n) is 3.13. The quantitative estimate of drug-likeness (QED) is 0.581. The molecule has 1 saturated heterocycles. The molecule has 0 aromatic heterocycles. The van der Waals surface area contributed by atoms with Gasteiger partial charge < -0.3 is 0 Å². The Hall–Kier alpha value is -0.300. The van der Waals surface area contributed by atoms with Gasteiger partial charge in [0.2, 0.25) is 0 Å². The van der Waals surface area contributed by atoms with Crippen molar-refractivity contribution in [1.29, 1.82) is 0 Å². The van der Waals surface area contributed by atoms with Gasteiger partial charge in [0.15, 0.2) is 0 Å². The molecule has 0 bridgehead atoms. The number of piperidine rings is 1. The minimum Gasteiger partial charge on any atom is -0.297 e. The average Bonchev–Trinajstić information content (AvgIpc) is 2.89. The van der Waals surface area contributed by atoms with Crippen LogP contribution in [0.15, 0.2) is 12.7 Å².